The summed E-state index contributed by atoms with van der Waals surface area (Å²) < 4.78 is 31.7. The molecule has 0 saturated heterocycles. The van der Waals surface area contributed by atoms with Gasteiger partial charge in [0.15, 0.2) is 11.9 Å². The first-order chi connectivity index (χ1) is 52.9. The van der Waals surface area contributed by atoms with Crippen molar-refractivity contribution in [2.24, 2.45) is 73.6 Å². The molecule has 0 heterocycles. The Hall–Kier alpha value is -10.8. The van der Waals surface area contributed by atoms with Gasteiger partial charge >= 0.3 is 30.1 Å². The molecule has 0 aromatic heterocycles. The van der Waals surface area contributed by atoms with Crippen LogP contribution in [0, 0.1) is 17.8 Å². The maximum absolute atomic E-state index is 14.6. The fourth-order valence-corrected chi connectivity index (χ4v) is 10.2. The lowest BCUT2D eigenvalue weighted by Gasteiger charge is -2.29. The molecule has 0 fully saturated rings. The summed E-state index contributed by atoms with van der Waals surface area (Å²) in [6.07, 6.45) is -8.92. The number of nitrogens with two attached hydrogens (primary N) is 8. The van der Waals surface area contributed by atoms with Crippen molar-refractivity contribution in [3.63, 3.8) is 0 Å². The van der Waals surface area contributed by atoms with Gasteiger partial charge < -0.3 is 135 Å². The van der Waals surface area contributed by atoms with Crippen molar-refractivity contribution in [1.29, 1.82) is 0 Å². The second-order valence-corrected chi connectivity index (χ2v) is 27.9. The molecule has 0 aliphatic rings. The molecule has 0 aliphatic carbocycles. The highest BCUT2D eigenvalue weighted by Crippen LogP contribution is 2.16. The Morgan fingerprint density at radius 2 is 0.693 bits per heavy atom. The van der Waals surface area contributed by atoms with Crippen molar-refractivity contribution in [2.45, 2.75) is 262 Å². The summed E-state index contributed by atoms with van der Waals surface area (Å²) in [5.74, 6) is -22.8. The van der Waals surface area contributed by atoms with Gasteiger partial charge in [0.1, 0.15) is 72.5 Å². The second kappa shape index (κ2) is 54.8. The normalized spacial score (nSPS) is 14.8. The lowest BCUT2D eigenvalue weighted by molar-refractivity contribution is -0.192. The van der Waals surface area contributed by atoms with E-state index in [1.54, 1.807) is 27.7 Å². The molecule has 13 amide bonds. The van der Waals surface area contributed by atoms with Crippen LogP contribution in [-0.2, 0) is 81.5 Å². The summed E-state index contributed by atoms with van der Waals surface area (Å²) in [5, 5.41) is 75.9. The van der Waals surface area contributed by atoms with Crippen molar-refractivity contribution in [2.75, 3.05) is 26.2 Å². The number of aliphatic hydroxyl groups is 1. The molecule has 0 aromatic carbocycles. The van der Waals surface area contributed by atoms with Crippen LogP contribution in [0.25, 0.3) is 0 Å². The largest absolute Gasteiger partial charge is 0.490 e. The molecule has 0 unspecified atom stereocenters. The molecule has 0 bridgehead atoms. The van der Waals surface area contributed by atoms with Gasteiger partial charge in [-0.15, -0.1) is 0 Å². The Bertz CT molecular complexity index is 3270. The summed E-state index contributed by atoms with van der Waals surface area (Å²) >= 11 is 0. The van der Waals surface area contributed by atoms with Gasteiger partial charge in [0.25, 0.3) is 0 Å². The first kappa shape index (κ1) is 105. The molecule has 650 valence electrons. The summed E-state index contributed by atoms with van der Waals surface area (Å²) in [6.45, 7) is 13.7. The number of aliphatic imine (C=N–C) groups is 2. The van der Waals surface area contributed by atoms with Gasteiger partial charge in [-0.3, -0.25) is 81.9 Å². The van der Waals surface area contributed by atoms with E-state index < -0.39 is 230 Å². The third-order valence-electron chi connectivity index (χ3n) is 16.4. The molecule has 33 N–H and O–H groups in total. The number of nitrogens with one attached hydrogen (secondary N) is 12. The van der Waals surface area contributed by atoms with Crippen LogP contribution < -0.4 is 110 Å². The van der Waals surface area contributed by atoms with Crippen molar-refractivity contribution in [3.05, 3.63) is 0 Å². The Balaban J connectivity index is 0. The predicted molar refractivity (Wildman–Crippen MR) is 402 cm³/mol. The summed E-state index contributed by atoms with van der Waals surface area (Å²) in [5.41, 5.74) is 45.0. The van der Waals surface area contributed by atoms with E-state index in [9.17, 15) is 110 Å². The van der Waals surface area contributed by atoms with E-state index in [0.29, 0.717) is 45.2 Å². The molecular formula is C67H119F3N22O22. The Kier molecular flexibility index (Phi) is 50.5. The first-order valence-corrected chi connectivity index (χ1v) is 36.7. The molecule has 14 atom stereocenters. The number of primary amides is 1. The maximum Gasteiger partial charge on any atom is 0.490 e. The molecule has 0 rings (SSSR count). The molecule has 0 aliphatic heterocycles. The minimum atomic E-state index is -5.08. The molecule has 114 heavy (non-hydrogen) atoms. The zero-order valence-corrected chi connectivity index (χ0v) is 65.5. The average Bonchev–Trinajstić information content (AvgIpc) is 0.854. The topological polar surface area (TPSA) is 769 Å². The third kappa shape index (κ3) is 45.6. The number of unbranched alkanes of at least 4 members (excludes halogenated alkanes) is 2. The molecule has 0 aromatic rings. The number of hydrogen-bond acceptors (Lipinski definition) is 23. The van der Waals surface area contributed by atoms with E-state index in [2.05, 4.69) is 73.8 Å². The summed E-state index contributed by atoms with van der Waals surface area (Å²) in [4.78, 5) is 232. The summed E-state index contributed by atoms with van der Waals surface area (Å²) in [7, 11) is 0. The number of carbonyl (C=O) groups excluding carboxylic acids is 13. The lowest BCUT2D eigenvalue weighted by atomic mass is 10.0. The molecular weight excluding hydrogens is 1520 g/mol. The van der Waals surface area contributed by atoms with Crippen LogP contribution in [0.3, 0.4) is 0 Å². The minimum absolute atomic E-state index is 0.0101. The molecule has 0 saturated carbocycles. The van der Waals surface area contributed by atoms with Gasteiger partial charge in [-0.1, -0.05) is 48.0 Å². The monoisotopic (exact) mass is 1640 g/mol. The number of alkyl halides is 3. The highest BCUT2D eigenvalue weighted by molar-refractivity contribution is 6.00. The van der Waals surface area contributed by atoms with Gasteiger partial charge in [0, 0.05) is 25.9 Å². The number of carboxylic acid groups (broad SMARTS) is 4. The molecule has 44 nitrogen and oxygen atoms in total. The zero-order valence-electron chi connectivity index (χ0n) is 65.5. The smallest absolute Gasteiger partial charge is 0.481 e. The number of carbonyl (C=O) groups is 17. The number of halogens is 3. The van der Waals surface area contributed by atoms with E-state index in [1.165, 1.54) is 27.7 Å². The average molecular weight is 1640 g/mol. The van der Waals surface area contributed by atoms with Crippen LogP contribution in [0.4, 0.5) is 13.2 Å². The minimum Gasteiger partial charge on any atom is -0.481 e. The highest BCUT2D eigenvalue weighted by Gasteiger charge is 2.40. The van der Waals surface area contributed by atoms with Crippen molar-refractivity contribution in [1.82, 2.24) is 63.8 Å². The quantitative estimate of drug-likeness (QED) is 0.0153. The fraction of sp³-hybridized carbons (Fsp3) is 0.716. The predicted octanol–water partition coefficient (Wildman–Crippen LogP) is -7.01. The van der Waals surface area contributed by atoms with Crippen molar-refractivity contribution < 1.29 is 120 Å². The number of aliphatic carboxylic acids is 4. The van der Waals surface area contributed by atoms with Crippen molar-refractivity contribution >= 4 is 113 Å². The SMILES string of the molecule is CC(C)C[C@H](NC(=O)[C@H](C)NC(=O)[C@H](CC(=O)O)NC(=O)[C@@H](NC(=O)[C@@H](NC(=O)[C@H](CCC(=O)O)NC(=O)[C@H](CCC(N)=O)NC(=O)[C@H](CCCN=C(N)N)NC(=O)[C@H](CCCN=C(N)N)NC(=O)[C@H](CC(C)C)NC(=O)[C@H](C)NC(=O)[C@H](CCCCN)NC(=O)[C@@H](N)CCCCN)[C@@H](C)O)C(C)C)C(=O)O.O=C(O)C(F)(F)F. The lowest BCUT2D eigenvalue weighted by Crippen LogP contribution is -2.62. The van der Waals surface area contributed by atoms with Crippen LogP contribution in [0.2, 0.25) is 0 Å². The first-order valence-electron chi connectivity index (χ1n) is 36.7. The number of nitrogens with zero attached hydrogens (tertiary/aromatic N) is 2. The Morgan fingerprint density at radius 1 is 0.368 bits per heavy atom. The Morgan fingerprint density at radius 3 is 1.06 bits per heavy atom. The second-order valence-electron chi connectivity index (χ2n) is 27.9. The van der Waals surface area contributed by atoms with Gasteiger partial charge in [0.05, 0.1) is 18.6 Å². The number of carboxylic acids is 4. The van der Waals surface area contributed by atoms with Crippen LogP contribution in [-0.4, -0.2) is 255 Å². The number of amides is 13. The van der Waals surface area contributed by atoms with E-state index in [-0.39, 0.29) is 81.8 Å². The van der Waals surface area contributed by atoms with E-state index >= 15 is 0 Å². The van der Waals surface area contributed by atoms with Gasteiger partial charge in [-0.2, -0.15) is 13.2 Å². The molecule has 0 spiro atoms. The van der Waals surface area contributed by atoms with E-state index in [1.807, 2.05) is 0 Å². The zero-order chi connectivity index (χ0) is 88.0. The summed E-state index contributed by atoms with van der Waals surface area (Å²) in [6, 6.07) is -20.3. The van der Waals surface area contributed by atoms with Gasteiger partial charge in [-0.05, 0) is 135 Å². The maximum atomic E-state index is 14.6. The van der Waals surface area contributed by atoms with Crippen LogP contribution in [0.1, 0.15) is 171 Å². The van der Waals surface area contributed by atoms with Crippen molar-refractivity contribution in [3.8, 4) is 0 Å². The third-order valence-corrected chi connectivity index (χ3v) is 16.4. The van der Waals surface area contributed by atoms with Crippen LogP contribution >= 0.6 is 0 Å². The van der Waals surface area contributed by atoms with Crippen LogP contribution in [0.15, 0.2) is 9.98 Å². The van der Waals surface area contributed by atoms with E-state index in [4.69, 9.17) is 55.8 Å². The standard InChI is InChI=1S/C65H118N22O20.C2HF3O2/c1-31(2)28-43(83-51(94)34(7)76-54(97)38(17-11-13-25-67)78-53(96)37(68)16-10-12-24-66)60(103)80-40(19-15-27-75-65(72)73)55(98)79-39(18-14-26-74-64(70)71)56(99)81-41(20-22-46(69)89)57(100)82-42(21-23-47(90)91)58(101)87-50(36(9)88)62(105)86-49(33(5)6)61(104)84-44(30-48(92)93)59(102)77-35(8)52(95)85-45(63(106)107)29-32(3)4;3-2(4,5)1(6)7/h31-45,49-50,88H,10-30,66-68H2,1-9H3,(H2,69,89)(H,76,97)(H,77,102)(H,78,96)(H,79,98)(H,80,103)(H,81,99)(H,82,100)(H,83,94)(H,84,104)(H,85,95)(H,86,105)(H,87,101)(H,90,91)(H,92,93)(H,106,107)(H4,70,71,74)(H4,72,73,75);(H,6,7)/t34-,35-,36+,37-,38-,39-,40-,41-,42-,43-,44-,45-,49-,50-;/m0./s1. The molecule has 47 heteroatoms. The number of hydrogen-bond donors (Lipinski definition) is 25. The van der Waals surface area contributed by atoms with Gasteiger partial charge in [-0.25, -0.2) is 9.59 Å². The Labute approximate surface area is 656 Å². The fourth-order valence-electron chi connectivity index (χ4n) is 10.2. The molecule has 0 radical (unpaired) electrons. The number of rotatable bonds is 55. The number of aliphatic hydroxyl groups excluding tert-OH is 1. The highest BCUT2D eigenvalue weighted by atomic mass is 19.4. The van der Waals surface area contributed by atoms with E-state index in [0.717, 1.165) is 6.92 Å². The van der Waals surface area contributed by atoms with Gasteiger partial charge in [0.2, 0.25) is 76.8 Å². The van der Waals surface area contributed by atoms with Crippen LogP contribution in [0.5, 0.6) is 0 Å². The number of guanidine groups is 2.